The third kappa shape index (κ3) is 3.07. The van der Waals surface area contributed by atoms with E-state index in [0.717, 1.165) is 30.3 Å². The minimum absolute atomic E-state index is 0.165. The highest BCUT2D eigenvalue weighted by atomic mass is 79.9. The van der Waals surface area contributed by atoms with Crippen LogP contribution < -0.4 is 10.6 Å². The molecule has 1 amide bonds. The van der Waals surface area contributed by atoms with Crippen molar-refractivity contribution in [3.8, 4) is 0 Å². The standard InChI is InChI=1S/C16H21BrN2O/c1-10-15(6-3-7-18-10)19-16(20)14-9-13(14)11-4-2-5-12(17)8-11/h2,4-5,8,10,13-15,18H,3,6-7,9H2,1H3,(H,19,20). The zero-order valence-electron chi connectivity index (χ0n) is 11.7. The highest BCUT2D eigenvalue weighted by Gasteiger charge is 2.44. The van der Waals surface area contributed by atoms with Crippen LogP contribution in [0.3, 0.4) is 0 Å². The largest absolute Gasteiger partial charge is 0.352 e. The minimum Gasteiger partial charge on any atom is -0.352 e. The molecule has 1 saturated carbocycles. The number of rotatable bonds is 3. The quantitative estimate of drug-likeness (QED) is 0.891. The van der Waals surface area contributed by atoms with E-state index in [1.165, 1.54) is 5.56 Å². The summed E-state index contributed by atoms with van der Waals surface area (Å²) in [6, 6.07) is 8.99. The zero-order valence-corrected chi connectivity index (χ0v) is 13.3. The molecule has 2 aliphatic rings. The van der Waals surface area contributed by atoms with Gasteiger partial charge in [-0.2, -0.15) is 0 Å². The summed E-state index contributed by atoms with van der Waals surface area (Å²) < 4.78 is 1.09. The van der Waals surface area contributed by atoms with Crippen LogP contribution >= 0.6 is 15.9 Å². The molecule has 1 aliphatic carbocycles. The first kappa shape index (κ1) is 14.1. The molecule has 1 aliphatic heterocycles. The summed E-state index contributed by atoms with van der Waals surface area (Å²) in [4.78, 5) is 12.3. The van der Waals surface area contributed by atoms with E-state index in [1.807, 2.05) is 12.1 Å². The molecule has 0 spiro atoms. The van der Waals surface area contributed by atoms with Crippen molar-refractivity contribution >= 4 is 21.8 Å². The van der Waals surface area contributed by atoms with Gasteiger partial charge in [0.05, 0.1) is 0 Å². The fraction of sp³-hybridized carbons (Fsp3) is 0.562. The van der Waals surface area contributed by atoms with Crippen molar-refractivity contribution < 1.29 is 4.79 Å². The SMILES string of the molecule is CC1NCCCC1NC(=O)C1CC1c1cccc(Br)c1. The van der Waals surface area contributed by atoms with Crippen LogP contribution in [0.1, 0.15) is 37.7 Å². The molecule has 1 heterocycles. The molecular formula is C16H21BrN2O. The Balaban J connectivity index is 1.57. The molecule has 0 radical (unpaired) electrons. The average molecular weight is 337 g/mol. The van der Waals surface area contributed by atoms with Crippen molar-refractivity contribution in [2.45, 2.75) is 44.2 Å². The zero-order chi connectivity index (χ0) is 14.1. The molecule has 20 heavy (non-hydrogen) atoms. The molecule has 108 valence electrons. The molecule has 4 heteroatoms. The first-order valence-electron chi connectivity index (χ1n) is 7.44. The maximum atomic E-state index is 12.3. The Labute approximate surface area is 128 Å². The summed E-state index contributed by atoms with van der Waals surface area (Å²) in [5.74, 6) is 0.799. The van der Waals surface area contributed by atoms with Crippen molar-refractivity contribution in [1.29, 1.82) is 0 Å². The molecular weight excluding hydrogens is 316 g/mol. The number of amides is 1. The van der Waals surface area contributed by atoms with Crippen molar-refractivity contribution in [2.24, 2.45) is 5.92 Å². The fourth-order valence-corrected chi connectivity index (χ4v) is 3.54. The second kappa shape index (κ2) is 5.86. The molecule has 0 aromatic heterocycles. The lowest BCUT2D eigenvalue weighted by molar-refractivity contribution is -0.123. The number of nitrogens with one attached hydrogen (secondary N) is 2. The maximum absolute atomic E-state index is 12.3. The van der Waals surface area contributed by atoms with Crippen molar-refractivity contribution in [3.05, 3.63) is 34.3 Å². The van der Waals surface area contributed by atoms with Gasteiger partial charge in [-0.05, 0) is 56.3 Å². The summed E-state index contributed by atoms with van der Waals surface area (Å²) >= 11 is 3.49. The van der Waals surface area contributed by atoms with Gasteiger partial charge in [-0.15, -0.1) is 0 Å². The first-order chi connectivity index (χ1) is 9.65. The summed E-state index contributed by atoms with van der Waals surface area (Å²) in [5, 5.41) is 6.66. The molecule has 1 saturated heterocycles. The lowest BCUT2D eigenvalue weighted by Crippen LogP contribution is -2.52. The predicted octanol–water partition coefficient (Wildman–Crippen LogP) is 2.81. The molecule has 3 rings (SSSR count). The summed E-state index contributed by atoms with van der Waals surface area (Å²) in [6.45, 7) is 3.22. The van der Waals surface area contributed by atoms with Crippen molar-refractivity contribution in [2.75, 3.05) is 6.54 Å². The molecule has 2 N–H and O–H groups in total. The van der Waals surface area contributed by atoms with Crippen LogP contribution in [0.4, 0.5) is 0 Å². The number of benzene rings is 1. The Morgan fingerprint density at radius 2 is 2.30 bits per heavy atom. The van der Waals surface area contributed by atoms with Crippen LogP contribution in [0, 0.1) is 5.92 Å². The molecule has 1 aromatic carbocycles. The maximum Gasteiger partial charge on any atom is 0.224 e. The van der Waals surface area contributed by atoms with Gasteiger partial charge < -0.3 is 10.6 Å². The topological polar surface area (TPSA) is 41.1 Å². The Morgan fingerprint density at radius 3 is 3.05 bits per heavy atom. The van der Waals surface area contributed by atoms with Gasteiger partial charge >= 0.3 is 0 Å². The summed E-state index contributed by atoms with van der Waals surface area (Å²) in [5.41, 5.74) is 1.27. The van der Waals surface area contributed by atoms with Crippen LogP contribution in [0.5, 0.6) is 0 Å². The van der Waals surface area contributed by atoms with Gasteiger partial charge in [0, 0.05) is 22.5 Å². The Bertz CT molecular complexity index is 505. The van der Waals surface area contributed by atoms with E-state index < -0.39 is 0 Å². The number of piperidine rings is 1. The van der Waals surface area contributed by atoms with E-state index in [-0.39, 0.29) is 11.8 Å². The monoisotopic (exact) mass is 336 g/mol. The molecule has 1 aromatic rings. The molecule has 4 atom stereocenters. The van der Waals surface area contributed by atoms with E-state index in [2.05, 4.69) is 45.6 Å². The number of carbonyl (C=O) groups excluding carboxylic acids is 1. The van der Waals surface area contributed by atoms with Gasteiger partial charge in [-0.1, -0.05) is 28.1 Å². The number of hydrogen-bond acceptors (Lipinski definition) is 2. The smallest absolute Gasteiger partial charge is 0.224 e. The van der Waals surface area contributed by atoms with E-state index >= 15 is 0 Å². The lowest BCUT2D eigenvalue weighted by Gasteiger charge is -2.30. The second-order valence-corrected chi connectivity index (χ2v) is 6.92. The van der Waals surface area contributed by atoms with Gasteiger partial charge in [0.25, 0.3) is 0 Å². The average Bonchev–Trinajstić information content (AvgIpc) is 3.22. The van der Waals surface area contributed by atoms with Crippen LogP contribution in [0.2, 0.25) is 0 Å². The molecule has 4 unspecified atom stereocenters. The molecule has 0 bridgehead atoms. The Hall–Kier alpha value is -0.870. The van der Waals surface area contributed by atoms with Gasteiger partial charge in [-0.3, -0.25) is 4.79 Å². The van der Waals surface area contributed by atoms with Crippen LogP contribution in [0.25, 0.3) is 0 Å². The van der Waals surface area contributed by atoms with Crippen LogP contribution in [0.15, 0.2) is 28.7 Å². The number of halogens is 1. The van der Waals surface area contributed by atoms with E-state index in [4.69, 9.17) is 0 Å². The highest BCUT2D eigenvalue weighted by Crippen LogP contribution is 2.48. The lowest BCUT2D eigenvalue weighted by atomic mass is 9.99. The van der Waals surface area contributed by atoms with Gasteiger partial charge in [0.1, 0.15) is 0 Å². The Morgan fingerprint density at radius 1 is 1.45 bits per heavy atom. The number of hydrogen-bond donors (Lipinski definition) is 2. The number of carbonyl (C=O) groups is 1. The second-order valence-electron chi connectivity index (χ2n) is 6.00. The Kier molecular flexibility index (Phi) is 4.13. The van der Waals surface area contributed by atoms with Crippen molar-refractivity contribution in [3.63, 3.8) is 0 Å². The summed E-state index contributed by atoms with van der Waals surface area (Å²) in [7, 11) is 0. The van der Waals surface area contributed by atoms with Gasteiger partial charge in [0.2, 0.25) is 5.91 Å². The fourth-order valence-electron chi connectivity index (χ4n) is 3.12. The minimum atomic E-state index is 0.165. The van der Waals surface area contributed by atoms with Gasteiger partial charge in [0.15, 0.2) is 0 Å². The molecule has 2 fully saturated rings. The van der Waals surface area contributed by atoms with E-state index in [1.54, 1.807) is 0 Å². The van der Waals surface area contributed by atoms with E-state index in [9.17, 15) is 4.79 Å². The third-order valence-corrected chi connectivity index (χ3v) is 4.99. The van der Waals surface area contributed by atoms with Crippen LogP contribution in [-0.4, -0.2) is 24.5 Å². The third-order valence-electron chi connectivity index (χ3n) is 4.49. The highest BCUT2D eigenvalue weighted by molar-refractivity contribution is 9.10. The predicted molar refractivity (Wildman–Crippen MR) is 83.6 cm³/mol. The first-order valence-corrected chi connectivity index (χ1v) is 8.23. The van der Waals surface area contributed by atoms with Gasteiger partial charge in [-0.25, -0.2) is 0 Å². The van der Waals surface area contributed by atoms with Crippen molar-refractivity contribution in [1.82, 2.24) is 10.6 Å². The summed E-state index contributed by atoms with van der Waals surface area (Å²) in [6.07, 6.45) is 3.22. The molecule has 3 nitrogen and oxygen atoms in total. The van der Waals surface area contributed by atoms with E-state index in [0.29, 0.717) is 18.0 Å². The van der Waals surface area contributed by atoms with Crippen LogP contribution in [-0.2, 0) is 4.79 Å². The normalized spacial score (nSPS) is 32.7.